The van der Waals surface area contributed by atoms with E-state index in [-0.39, 0.29) is 0 Å². The van der Waals surface area contributed by atoms with Crippen molar-refractivity contribution in [1.82, 2.24) is 4.98 Å². The van der Waals surface area contributed by atoms with Gasteiger partial charge in [0.05, 0.1) is 0 Å². The van der Waals surface area contributed by atoms with Crippen molar-refractivity contribution < 1.29 is 9.47 Å². The summed E-state index contributed by atoms with van der Waals surface area (Å²) in [6.45, 7) is 5.74. The molecule has 0 unspecified atom stereocenters. The second-order valence-corrected chi connectivity index (χ2v) is 4.38. The molecule has 98 valence electrons. The van der Waals surface area contributed by atoms with Crippen LogP contribution in [0, 0.1) is 0 Å². The zero-order valence-electron chi connectivity index (χ0n) is 10.7. The number of aromatic nitrogens is 1. The highest BCUT2D eigenvalue weighted by Gasteiger charge is 2.14. The molecule has 1 aliphatic heterocycles. The van der Waals surface area contributed by atoms with Gasteiger partial charge >= 0.3 is 0 Å². The summed E-state index contributed by atoms with van der Waals surface area (Å²) < 4.78 is 11.2. The van der Waals surface area contributed by atoms with Crippen LogP contribution in [0.3, 0.4) is 0 Å². The van der Waals surface area contributed by atoms with Crippen LogP contribution in [0.15, 0.2) is 37.1 Å². The van der Waals surface area contributed by atoms with Crippen LogP contribution in [0.25, 0.3) is 10.8 Å². The Labute approximate surface area is 112 Å². The molecular formula is C15H16N2O2. The van der Waals surface area contributed by atoms with Crippen LogP contribution in [-0.2, 0) is 0 Å². The lowest BCUT2D eigenvalue weighted by Gasteiger charge is -2.19. The third-order valence-electron chi connectivity index (χ3n) is 3.07. The number of benzene rings is 1. The number of nitrogens with zero attached hydrogens (tertiary/aromatic N) is 1. The number of pyridine rings is 1. The standard InChI is InChI=1S/C15H16N2O2/c1-2-3-5-16-15-12-10-14-13(18-7-8-19-14)9-11(12)4-6-17-15/h2,4,6,9-10H,1,3,5,7-8H2,(H,16,17). The first-order chi connectivity index (χ1) is 9.38. The van der Waals surface area contributed by atoms with Gasteiger partial charge in [0.2, 0.25) is 0 Å². The van der Waals surface area contributed by atoms with Gasteiger partial charge in [-0.25, -0.2) is 4.98 Å². The van der Waals surface area contributed by atoms with Crippen LogP contribution >= 0.6 is 0 Å². The zero-order chi connectivity index (χ0) is 13.1. The van der Waals surface area contributed by atoms with Gasteiger partial charge in [-0.05, 0) is 30.0 Å². The van der Waals surface area contributed by atoms with Crippen molar-refractivity contribution in [3.8, 4) is 11.5 Å². The third kappa shape index (κ3) is 2.34. The number of nitrogens with one attached hydrogen (secondary N) is 1. The van der Waals surface area contributed by atoms with Crippen molar-refractivity contribution in [3.63, 3.8) is 0 Å². The molecule has 0 radical (unpaired) electrons. The molecule has 0 spiro atoms. The summed E-state index contributed by atoms with van der Waals surface area (Å²) >= 11 is 0. The molecule has 0 aliphatic carbocycles. The third-order valence-corrected chi connectivity index (χ3v) is 3.07. The summed E-state index contributed by atoms with van der Waals surface area (Å²) in [5.74, 6) is 2.47. The van der Waals surface area contributed by atoms with Crippen molar-refractivity contribution in [2.75, 3.05) is 25.1 Å². The number of fused-ring (bicyclic) bond motifs is 2. The minimum Gasteiger partial charge on any atom is -0.486 e. The molecule has 0 saturated heterocycles. The molecule has 0 saturated carbocycles. The summed E-state index contributed by atoms with van der Waals surface area (Å²) in [4.78, 5) is 4.39. The fraction of sp³-hybridized carbons (Fsp3) is 0.267. The highest BCUT2D eigenvalue weighted by Crippen LogP contribution is 2.36. The molecule has 4 heteroatoms. The SMILES string of the molecule is C=CCCNc1nccc2cc3c(cc12)OCCO3. The quantitative estimate of drug-likeness (QED) is 0.674. The second kappa shape index (κ2) is 5.18. The number of ether oxygens (including phenoxy) is 2. The fourth-order valence-electron chi connectivity index (χ4n) is 2.14. The van der Waals surface area contributed by atoms with Gasteiger partial charge in [0.15, 0.2) is 11.5 Å². The van der Waals surface area contributed by atoms with Crippen molar-refractivity contribution >= 4 is 16.6 Å². The molecule has 1 N–H and O–H groups in total. The lowest BCUT2D eigenvalue weighted by Crippen LogP contribution is -2.15. The molecule has 19 heavy (non-hydrogen) atoms. The lowest BCUT2D eigenvalue weighted by molar-refractivity contribution is 0.172. The lowest BCUT2D eigenvalue weighted by atomic mass is 10.1. The van der Waals surface area contributed by atoms with E-state index >= 15 is 0 Å². The molecule has 0 atom stereocenters. The maximum absolute atomic E-state index is 5.62. The van der Waals surface area contributed by atoms with E-state index in [2.05, 4.69) is 16.9 Å². The first-order valence-electron chi connectivity index (χ1n) is 6.41. The molecule has 3 rings (SSSR count). The minimum atomic E-state index is 0.595. The summed E-state index contributed by atoms with van der Waals surface area (Å²) in [6.07, 6.45) is 4.59. The van der Waals surface area contributed by atoms with Crippen molar-refractivity contribution in [3.05, 3.63) is 37.1 Å². The van der Waals surface area contributed by atoms with Gasteiger partial charge in [0.1, 0.15) is 19.0 Å². The maximum Gasteiger partial charge on any atom is 0.162 e. The minimum absolute atomic E-state index is 0.595. The predicted octanol–water partition coefficient (Wildman–Crippen LogP) is 2.99. The Morgan fingerprint density at radius 1 is 1.26 bits per heavy atom. The van der Waals surface area contributed by atoms with E-state index < -0.39 is 0 Å². The van der Waals surface area contributed by atoms with Crippen molar-refractivity contribution in [2.45, 2.75) is 6.42 Å². The molecule has 2 heterocycles. The normalized spacial score (nSPS) is 13.3. The molecule has 1 aromatic heterocycles. The van der Waals surface area contributed by atoms with Crippen LogP contribution < -0.4 is 14.8 Å². The van der Waals surface area contributed by atoms with Crippen molar-refractivity contribution in [2.24, 2.45) is 0 Å². The van der Waals surface area contributed by atoms with Gasteiger partial charge in [-0.15, -0.1) is 6.58 Å². The molecule has 1 aliphatic rings. The van der Waals surface area contributed by atoms with Gasteiger partial charge < -0.3 is 14.8 Å². The van der Waals surface area contributed by atoms with E-state index in [9.17, 15) is 0 Å². The van der Waals surface area contributed by atoms with Crippen LogP contribution in [0.4, 0.5) is 5.82 Å². The monoisotopic (exact) mass is 256 g/mol. The van der Waals surface area contributed by atoms with E-state index in [4.69, 9.17) is 9.47 Å². The van der Waals surface area contributed by atoms with Crippen LogP contribution in [-0.4, -0.2) is 24.7 Å². The van der Waals surface area contributed by atoms with E-state index in [1.54, 1.807) is 6.20 Å². The van der Waals surface area contributed by atoms with Crippen molar-refractivity contribution in [1.29, 1.82) is 0 Å². The van der Waals surface area contributed by atoms with Crippen LogP contribution in [0.5, 0.6) is 11.5 Å². The average Bonchev–Trinajstić information content (AvgIpc) is 2.46. The Bertz CT molecular complexity index is 610. The highest BCUT2D eigenvalue weighted by atomic mass is 16.6. The first kappa shape index (κ1) is 11.8. The summed E-state index contributed by atoms with van der Waals surface area (Å²) in [6, 6.07) is 5.98. The van der Waals surface area contributed by atoms with Crippen LogP contribution in [0.2, 0.25) is 0 Å². The molecular weight excluding hydrogens is 240 g/mol. The molecule has 0 bridgehead atoms. The summed E-state index contributed by atoms with van der Waals surface area (Å²) in [5.41, 5.74) is 0. The number of hydrogen-bond acceptors (Lipinski definition) is 4. The van der Waals surface area contributed by atoms with Gasteiger partial charge in [-0.1, -0.05) is 6.08 Å². The fourth-order valence-corrected chi connectivity index (χ4v) is 2.14. The number of anilines is 1. The molecule has 4 nitrogen and oxygen atoms in total. The van der Waals surface area contributed by atoms with E-state index in [1.807, 2.05) is 24.3 Å². The molecule has 1 aromatic carbocycles. The van der Waals surface area contributed by atoms with E-state index in [1.165, 1.54) is 0 Å². The Kier molecular flexibility index (Phi) is 3.23. The zero-order valence-corrected chi connectivity index (χ0v) is 10.7. The summed E-state index contributed by atoms with van der Waals surface area (Å²) in [5, 5.41) is 5.47. The number of rotatable bonds is 4. The average molecular weight is 256 g/mol. The molecule has 2 aromatic rings. The maximum atomic E-state index is 5.62. The highest BCUT2D eigenvalue weighted by molar-refractivity contribution is 5.94. The first-order valence-corrected chi connectivity index (χ1v) is 6.41. The van der Waals surface area contributed by atoms with Gasteiger partial charge in [0, 0.05) is 18.1 Å². The Balaban J connectivity index is 2.00. The second-order valence-electron chi connectivity index (χ2n) is 4.38. The van der Waals surface area contributed by atoms with Gasteiger partial charge in [-0.3, -0.25) is 0 Å². The topological polar surface area (TPSA) is 43.4 Å². The Hall–Kier alpha value is -2.23. The largest absolute Gasteiger partial charge is 0.486 e. The summed E-state index contributed by atoms with van der Waals surface area (Å²) in [7, 11) is 0. The van der Waals surface area contributed by atoms with Gasteiger partial charge in [-0.2, -0.15) is 0 Å². The van der Waals surface area contributed by atoms with Crippen LogP contribution in [0.1, 0.15) is 6.42 Å². The Morgan fingerprint density at radius 3 is 2.84 bits per heavy atom. The Morgan fingerprint density at radius 2 is 2.05 bits per heavy atom. The number of hydrogen-bond donors (Lipinski definition) is 1. The smallest absolute Gasteiger partial charge is 0.162 e. The van der Waals surface area contributed by atoms with E-state index in [0.29, 0.717) is 13.2 Å². The molecule has 0 amide bonds. The predicted molar refractivity (Wildman–Crippen MR) is 76.0 cm³/mol. The van der Waals surface area contributed by atoms with E-state index in [0.717, 1.165) is 41.1 Å². The molecule has 0 fully saturated rings. The van der Waals surface area contributed by atoms with Gasteiger partial charge in [0.25, 0.3) is 0 Å².